The quantitative estimate of drug-likeness (QED) is 0.511. The zero-order valence-electron chi connectivity index (χ0n) is 15.8. The van der Waals surface area contributed by atoms with E-state index >= 15 is 0 Å². The first kappa shape index (κ1) is 19.4. The van der Waals surface area contributed by atoms with Crippen LogP contribution in [0.25, 0.3) is 0 Å². The minimum atomic E-state index is -0.0124. The van der Waals surface area contributed by atoms with Gasteiger partial charge in [0.1, 0.15) is 5.78 Å². The van der Waals surface area contributed by atoms with Gasteiger partial charge < -0.3 is 0 Å². The van der Waals surface area contributed by atoms with Gasteiger partial charge in [0.15, 0.2) is 0 Å². The van der Waals surface area contributed by atoms with Crippen molar-refractivity contribution in [3.63, 3.8) is 0 Å². The van der Waals surface area contributed by atoms with E-state index in [9.17, 15) is 4.79 Å². The van der Waals surface area contributed by atoms with Crippen molar-refractivity contribution < 1.29 is 4.79 Å². The Hall–Kier alpha value is -0.930. The summed E-state index contributed by atoms with van der Waals surface area (Å²) in [5, 5.41) is 0. The third-order valence-electron chi connectivity index (χ3n) is 4.29. The second-order valence-electron chi connectivity index (χ2n) is 7.65. The van der Waals surface area contributed by atoms with Crippen molar-refractivity contribution in [3.8, 4) is 0 Å². The number of carbonyl (C=O) groups excluding carboxylic acids is 1. The lowest BCUT2D eigenvalue weighted by Gasteiger charge is -2.14. The summed E-state index contributed by atoms with van der Waals surface area (Å²) in [7, 11) is 0. The first-order valence-electron chi connectivity index (χ1n) is 8.98. The lowest BCUT2D eigenvalue weighted by molar-refractivity contribution is -0.121. The van der Waals surface area contributed by atoms with Gasteiger partial charge in [-0.3, -0.25) is 4.79 Å². The van der Waals surface area contributed by atoms with Crippen LogP contribution in [0.5, 0.6) is 0 Å². The summed E-state index contributed by atoms with van der Waals surface area (Å²) in [5.41, 5.74) is 0. The molecular weight excluding hydrogens is 332 g/mol. The molecule has 2 atom stereocenters. The van der Waals surface area contributed by atoms with Crippen LogP contribution < -0.4 is 0 Å². The van der Waals surface area contributed by atoms with Crippen molar-refractivity contribution in [2.75, 3.05) is 0 Å². The zero-order valence-corrected chi connectivity index (χ0v) is 17.4. The third-order valence-corrected chi connectivity index (χ3v) is 6.87. The third kappa shape index (κ3) is 5.03. The van der Waals surface area contributed by atoms with Gasteiger partial charge in [-0.05, 0) is 48.9 Å². The van der Waals surface area contributed by atoms with Gasteiger partial charge in [0, 0.05) is 31.3 Å². The molecule has 2 rings (SSSR count). The highest BCUT2D eigenvalue weighted by Gasteiger charge is 2.25. The average molecular weight is 363 g/mol. The van der Waals surface area contributed by atoms with Crippen LogP contribution in [0.2, 0.25) is 0 Å². The maximum atomic E-state index is 12.9. The zero-order chi connectivity index (χ0) is 17.9. The molecular formula is C21H30OS2. The first-order chi connectivity index (χ1) is 11.3. The number of rotatable bonds is 8. The van der Waals surface area contributed by atoms with E-state index in [1.165, 1.54) is 19.5 Å². The molecule has 0 saturated carbocycles. The Bertz CT molecular complexity index is 607. The summed E-state index contributed by atoms with van der Waals surface area (Å²) in [4.78, 5) is 18.1. The Morgan fingerprint density at radius 3 is 1.46 bits per heavy atom. The number of hydrogen-bond acceptors (Lipinski definition) is 3. The Morgan fingerprint density at radius 1 is 0.750 bits per heavy atom. The number of hydrogen-bond donors (Lipinski definition) is 0. The van der Waals surface area contributed by atoms with E-state index in [0.29, 0.717) is 17.6 Å². The van der Waals surface area contributed by atoms with Gasteiger partial charge in [0.05, 0.1) is 0 Å². The van der Waals surface area contributed by atoms with E-state index in [1.54, 1.807) is 22.7 Å². The molecule has 2 aromatic rings. The Kier molecular flexibility index (Phi) is 6.82. The molecule has 2 aromatic heterocycles. The topological polar surface area (TPSA) is 17.1 Å². The Morgan fingerprint density at radius 2 is 1.12 bits per heavy atom. The van der Waals surface area contributed by atoms with Crippen LogP contribution in [0.3, 0.4) is 0 Å². The highest BCUT2D eigenvalue weighted by atomic mass is 32.1. The number of ketones is 1. The van der Waals surface area contributed by atoms with Crippen molar-refractivity contribution in [2.24, 2.45) is 11.8 Å². The second-order valence-corrected chi connectivity index (χ2v) is 10.0. The molecule has 0 aliphatic heterocycles. The largest absolute Gasteiger partial charge is 0.298 e. The van der Waals surface area contributed by atoms with E-state index in [1.807, 2.05) is 0 Å². The predicted molar refractivity (Wildman–Crippen MR) is 108 cm³/mol. The molecule has 0 bridgehead atoms. The predicted octanol–water partition coefficient (Wildman–Crippen LogP) is 6.68. The van der Waals surface area contributed by atoms with Crippen LogP contribution in [-0.4, -0.2) is 5.78 Å². The van der Waals surface area contributed by atoms with E-state index in [4.69, 9.17) is 0 Å². The molecule has 0 aliphatic rings. The summed E-state index contributed by atoms with van der Waals surface area (Å²) in [6, 6.07) is 8.69. The lowest BCUT2D eigenvalue weighted by Crippen LogP contribution is -2.14. The summed E-state index contributed by atoms with van der Waals surface area (Å²) in [6.45, 7) is 13.1. The fourth-order valence-corrected chi connectivity index (χ4v) is 5.50. The molecule has 1 nitrogen and oxygen atoms in total. The van der Waals surface area contributed by atoms with E-state index in [-0.39, 0.29) is 11.8 Å². The summed E-state index contributed by atoms with van der Waals surface area (Å²) in [6.07, 6.45) is 2.20. The lowest BCUT2D eigenvalue weighted by atomic mass is 9.93. The monoisotopic (exact) mass is 362 g/mol. The minimum absolute atomic E-state index is 0.0124. The van der Waals surface area contributed by atoms with Crippen molar-refractivity contribution in [1.82, 2.24) is 0 Å². The molecule has 0 fully saturated rings. The summed E-state index contributed by atoms with van der Waals surface area (Å²) in [5.74, 6) is 1.63. The Balaban J connectivity index is 2.06. The van der Waals surface area contributed by atoms with E-state index in [2.05, 4.69) is 65.8 Å². The van der Waals surface area contributed by atoms with E-state index < -0.39 is 0 Å². The van der Waals surface area contributed by atoms with Gasteiger partial charge in [-0.15, -0.1) is 22.7 Å². The molecule has 0 saturated heterocycles. The van der Waals surface area contributed by atoms with Crippen LogP contribution in [-0.2, 0) is 17.6 Å². The number of thiophene rings is 2. The molecule has 0 amide bonds. The van der Waals surface area contributed by atoms with Crippen molar-refractivity contribution >= 4 is 28.5 Å². The van der Waals surface area contributed by atoms with Crippen molar-refractivity contribution in [3.05, 3.63) is 43.8 Å². The van der Waals surface area contributed by atoms with Crippen molar-refractivity contribution in [1.29, 1.82) is 0 Å². The van der Waals surface area contributed by atoms with Gasteiger partial charge in [-0.2, -0.15) is 0 Å². The van der Waals surface area contributed by atoms with Crippen LogP contribution in [0.4, 0.5) is 0 Å². The maximum Gasteiger partial charge on any atom is 0.148 e. The standard InChI is InChI=1S/C21H30OS2/c1-13(2)11-17-7-9-19(23-17)15(5)21(22)16(6)20-10-8-18(24-20)12-14(3)4/h7-10,13-16H,11-12H2,1-6H3. The molecule has 0 N–H and O–H groups in total. The smallest absolute Gasteiger partial charge is 0.148 e. The van der Waals surface area contributed by atoms with Gasteiger partial charge in [0.2, 0.25) is 0 Å². The fraction of sp³-hybridized carbons (Fsp3) is 0.571. The molecule has 0 aromatic carbocycles. The SMILES string of the molecule is CC(C)Cc1ccc(C(C)C(=O)C(C)c2ccc(CC(C)C)s2)s1. The van der Waals surface area contributed by atoms with Gasteiger partial charge in [-0.1, -0.05) is 41.5 Å². The van der Waals surface area contributed by atoms with Crippen LogP contribution in [0, 0.1) is 11.8 Å². The molecule has 2 unspecified atom stereocenters. The highest BCUT2D eigenvalue weighted by Crippen LogP contribution is 2.34. The van der Waals surface area contributed by atoms with Crippen LogP contribution >= 0.6 is 22.7 Å². The van der Waals surface area contributed by atoms with E-state index in [0.717, 1.165) is 12.8 Å². The average Bonchev–Trinajstić information content (AvgIpc) is 3.13. The number of carbonyl (C=O) groups is 1. The Labute approximate surface area is 155 Å². The summed E-state index contributed by atoms with van der Waals surface area (Å²) < 4.78 is 0. The molecule has 2 heterocycles. The van der Waals surface area contributed by atoms with Gasteiger partial charge in [0.25, 0.3) is 0 Å². The van der Waals surface area contributed by atoms with Crippen LogP contribution in [0.15, 0.2) is 24.3 Å². The highest BCUT2D eigenvalue weighted by molar-refractivity contribution is 7.12. The van der Waals surface area contributed by atoms with Crippen LogP contribution in [0.1, 0.15) is 72.9 Å². The maximum absolute atomic E-state index is 12.9. The normalized spacial score (nSPS) is 14.3. The molecule has 132 valence electrons. The van der Waals surface area contributed by atoms with Crippen molar-refractivity contribution in [2.45, 2.75) is 66.2 Å². The molecule has 24 heavy (non-hydrogen) atoms. The minimum Gasteiger partial charge on any atom is -0.298 e. The number of Topliss-reactive ketones (excluding diaryl/α,β-unsaturated/α-hetero) is 1. The molecule has 0 spiro atoms. The van der Waals surface area contributed by atoms with Gasteiger partial charge in [-0.25, -0.2) is 0 Å². The molecule has 3 heteroatoms. The molecule has 0 aliphatic carbocycles. The second kappa shape index (κ2) is 8.44. The first-order valence-corrected chi connectivity index (χ1v) is 10.6. The van der Waals surface area contributed by atoms with Gasteiger partial charge >= 0.3 is 0 Å². The molecule has 0 radical (unpaired) electrons. The summed E-state index contributed by atoms with van der Waals surface area (Å²) >= 11 is 3.61. The fourth-order valence-electron chi connectivity index (χ4n) is 2.93.